The highest BCUT2D eigenvalue weighted by Crippen LogP contribution is 2.43. The van der Waals surface area contributed by atoms with Crippen molar-refractivity contribution in [3.05, 3.63) is 11.1 Å². The third-order valence-corrected chi connectivity index (χ3v) is 4.29. The lowest BCUT2D eigenvalue weighted by molar-refractivity contribution is -0.0243. The number of nitrogens with two attached hydrogens (primary N) is 1. The van der Waals surface area contributed by atoms with E-state index in [0.717, 1.165) is 37.0 Å². The summed E-state index contributed by atoms with van der Waals surface area (Å²) < 4.78 is 0. The van der Waals surface area contributed by atoms with Gasteiger partial charge < -0.3 is 5.73 Å². The Labute approximate surface area is 91.1 Å². The highest BCUT2D eigenvalue weighted by molar-refractivity contribution is 6.29. The van der Waals surface area contributed by atoms with E-state index in [-0.39, 0.29) is 5.54 Å². The SMILES string of the molecule is CC1CCC1(CN)N1CCC=C(Cl)C1. The number of hydrogen-bond acceptors (Lipinski definition) is 2. The molecule has 0 amide bonds. The standard InChI is InChI=1S/C11H19ClN2/c1-9-4-5-11(9,8-13)14-6-2-3-10(12)7-14/h3,9H,2,4-8,13H2,1H3. The van der Waals surface area contributed by atoms with Gasteiger partial charge in [-0.05, 0) is 25.2 Å². The fourth-order valence-electron chi connectivity index (χ4n) is 2.75. The highest BCUT2D eigenvalue weighted by Gasteiger charge is 2.47. The quantitative estimate of drug-likeness (QED) is 0.762. The monoisotopic (exact) mass is 214 g/mol. The molecule has 2 atom stereocenters. The maximum Gasteiger partial charge on any atom is 0.0361 e. The summed E-state index contributed by atoms with van der Waals surface area (Å²) in [5.74, 6) is 0.732. The van der Waals surface area contributed by atoms with Crippen molar-refractivity contribution in [2.24, 2.45) is 11.7 Å². The number of nitrogens with zero attached hydrogens (tertiary/aromatic N) is 1. The van der Waals surface area contributed by atoms with E-state index in [0.29, 0.717) is 0 Å². The van der Waals surface area contributed by atoms with E-state index in [9.17, 15) is 0 Å². The van der Waals surface area contributed by atoms with Gasteiger partial charge in [0, 0.05) is 30.2 Å². The van der Waals surface area contributed by atoms with Crippen molar-refractivity contribution < 1.29 is 0 Å². The van der Waals surface area contributed by atoms with Crippen molar-refractivity contribution in [1.29, 1.82) is 0 Å². The molecule has 80 valence electrons. The minimum absolute atomic E-state index is 0.258. The topological polar surface area (TPSA) is 29.3 Å². The number of rotatable bonds is 2. The molecule has 0 aromatic rings. The van der Waals surface area contributed by atoms with E-state index in [1.165, 1.54) is 12.8 Å². The Hall–Kier alpha value is -0.0500. The molecule has 0 saturated heterocycles. The zero-order chi connectivity index (χ0) is 10.2. The largest absolute Gasteiger partial charge is 0.329 e. The summed E-state index contributed by atoms with van der Waals surface area (Å²) in [6.45, 7) is 5.11. The van der Waals surface area contributed by atoms with Gasteiger partial charge >= 0.3 is 0 Å². The molecule has 1 aliphatic heterocycles. The van der Waals surface area contributed by atoms with Crippen LogP contribution in [0.5, 0.6) is 0 Å². The van der Waals surface area contributed by atoms with Gasteiger partial charge in [0.25, 0.3) is 0 Å². The van der Waals surface area contributed by atoms with Crippen molar-refractivity contribution in [1.82, 2.24) is 4.90 Å². The molecule has 0 spiro atoms. The van der Waals surface area contributed by atoms with Crippen molar-refractivity contribution in [2.45, 2.75) is 31.7 Å². The van der Waals surface area contributed by atoms with Crippen molar-refractivity contribution >= 4 is 11.6 Å². The zero-order valence-corrected chi connectivity index (χ0v) is 9.56. The number of halogens is 1. The molecular formula is C11H19ClN2. The third kappa shape index (κ3) is 1.50. The predicted molar refractivity (Wildman–Crippen MR) is 60.3 cm³/mol. The molecule has 3 heteroatoms. The molecule has 0 aromatic carbocycles. The molecule has 0 bridgehead atoms. The summed E-state index contributed by atoms with van der Waals surface area (Å²) >= 11 is 6.08. The summed E-state index contributed by atoms with van der Waals surface area (Å²) in [5, 5.41) is 0.989. The predicted octanol–water partition coefficient (Wildman–Crippen LogP) is 1.94. The molecule has 1 saturated carbocycles. The lowest BCUT2D eigenvalue weighted by Gasteiger charge is -2.55. The second-order valence-electron chi connectivity index (χ2n) is 4.61. The van der Waals surface area contributed by atoms with Gasteiger partial charge in [-0.2, -0.15) is 0 Å². The molecule has 2 rings (SSSR count). The fraction of sp³-hybridized carbons (Fsp3) is 0.818. The molecule has 1 aliphatic carbocycles. The summed E-state index contributed by atoms with van der Waals surface area (Å²) in [6, 6.07) is 0. The lowest BCUT2D eigenvalue weighted by atomic mass is 9.66. The van der Waals surface area contributed by atoms with Crippen LogP contribution in [-0.2, 0) is 0 Å². The van der Waals surface area contributed by atoms with Gasteiger partial charge in [0.1, 0.15) is 0 Å². The maximum atomic E-state index is 6.08. The van der Waals surface area contributed by atoms with Crippen LogP contribution in [0, 0.1) is 5.92 Å². The Kier molecular flexibility index (Phi) is 2.87. The van der Waals surface area contributed by atoms with Gasteiger partial charge in [0.15, 0.2) is 0 Å². The van der Waals surface area contributed by atoms with E-state index in [4.69, 9.17) is 17.3 Å². The molecule has 2 nitrogen and oxygen atoms in total. The van der Waals surface area contributed by atoms with Crippen LogP contribution in [0.15, 0.2) is 11.1 Å². The van der Waals surface area contributed by atoms with Crippen LogP contribution in [0.3, 0.4) is 0 Å². The van der Waals surface area contributed by atoms with Gasteiger partial charge in [0.05, 0.1) is 0 Å². The van der Waals surface area contributed by atoms with E-state index < -0.39 is 0 Å². The van der Waals surface area contributed by atoms with Gasteiger partial charge in [-0.25, -0.2) is 0 Å². The minimum atomic E-state index is 0.258. The smallest absolute Gasteiger partial charge is 0.0361 e. The van der Waals surface area contributed by atoms with Crippen LogP contribution in [0.25, 0.3) is 0 Å². The Morgan fingerprint density at radius 2 is 2.50 bits per heavy atom. The molecule has 1 fully saturated rings. The van der Waals surface area contributed by atoms with Gasteiger partial charge in [-0.15, -0.1) is 0 Å². The number of hydrogen-bond donors (Lipinski definition) is 1. The van der Waals surface area contributed by atoms with E-state index in [1.54, 1.807) is 0 Å². The summed E-state index contributed by atoms with van der Waals surface area (Å²) in [6.07, 6.45) is 5.77. The maximum absolute atomic E-state index is 6.08. The van der Waals surface area contributed by atoms with Gasteiger partial charge in [0.2, 0.25) is 0 Å². The lowest BCUT2D eigenvalue weighted by Crippen LogP contribution is -2.64. The average molecular weight is 215 g/mol. The first-order chi connectivity index (χ1) is 6.69. The van der Waals surface area contributed by atoms with Crippen LogP contribution in [0.1, 0.15) is 26.2 Å². The van der Waals surface area contributed by atoms with Gasteiger partial charge in [-0.1, -0.05) is 24.6 Å². The van der Waals surface area contributed by atoms with Gasteiger partial charge in [-0.3, -0.25) is 4.90 Å². The summed E-state index contributed by atoms with van der Waals surface area (Å²) in [7, 11) is 0. The first-order valence-electron chi connectivity index (χ1n) is 5.49. The zero-order valence-electron chi connectivity index (χ0n) is 8.80. The van der Waals surface area contributed by atoms with Crippen LogP contribution in [0.4, 0.5) is 0 Å². The highest BCUT2D eigenvalue weighted by atomic mass is 35.5. The first kappa shape index (κ1) is 10.5. The van der Waals surface area contributed by atoms with E-state index in [2.05, 4.69) is 17.9 Å². The first-order valence-corrected chi connectivity index (χ1v) is 5.86. The van der Waals surface area contributed by atoms with Crippen molar-refractivity contribution in [3.63, 3.8) is 0 Å². The molecule has 2 aliphatic rings. The summed E-state index contributed by atoms with van der Waals surface area (Å²) in [4.78, 5) is 2.49. The van der Waals surface area contributed by atoms with Crippen LogP contribution < -0.4 is 5.73 Å². The Morgan fingerprint density at radius 3 is 2.93 bits per heavy atom. The molecule has 2 unspecified atom stereocenters. The molecule has 0 radical (unpaired) electrons. The molecular weight excluding hydrogens is 196 g/mol. The Bertz CT molecular complexity index is 248. The van der Waals surface area contributed by atoms with Crippen LogP contribution in [-0.4, -0.2) is 30.1 Å². The summed E-state index contributed by atoms with van der Waals surface area (Å²) in [5.41, 5.74) is 6.19. The molecule has 0 aromatic heterocycles. The second kappa shape index (κ2) is 3.84. The van der Waals surface area contributed by atoms with Crippen LogP contribution >= 0.6 is 11.6 Å². The normalized spacial score (nSPS) is 39.1. The fourth-order valence-corrected chi connectivity index (χ4v) is 3.00. The third-order valence-electron chi connectivity index (χ3n) is 4.02. The average Bonchev–Trinajstić information content (AvgIpc) is 2.17. The van der Waals surface area contributed by atoms with E-state index in [1.807, 2.05) is 0 Å². The minimum Gasteiger partial charge on any atom is -0.329 e. The van der Waals surface area contributed by atoms with E-state index >= 15 is 0 Å². The molecule has 2 N–H and O–H groups in total. The van der Waals surface area contributed by atoms with Crippen LogP contribution in [0.2, 0.25) is 0 Å². The molecule has 1 heterocycles. The second-order valence-corrected chi connectivity index (χ2v) is 5.09. The van der Waals surface area contributed by atoms with Crippen molar-refractivity contribution in [3.8, 4) is 0 Å². The van der Waals surface area contributed by atoms with Crippen molar-refractivity contribution in [2.75, 3.05) is 19.6 Å². The molecule has 14 heavy (non-hydrogen) atoms. The Morgan fingerprint density at radius 1 is 1.71 bits per heavy atom. The Balaban J connectivity index is 2.09.